The Labute approximate surface area is 210 Å². The number of hydrogen-bond acceptors (Lipinski definition) is 4. The van der Waals surface area contributed by atoms with Crippen LogP contribution in [0.3, 0.4) is 0 Å². The van der Waals surface area contributed by atoms with Crippen LogP contribution in [-0.2, 0) is 6.54 Å². The summed E-state index contributed by atoms with van der Waals surface area (Å²) in [4.78, 5) is 18.3. The Morgan fingerprint density at radius 2 is 1.75 bits per heavy atom. The van der Waals surface area contributed by atoms with E-state index in [2.05, 4.69) is 10.6 Å². The van der Waals surface area contributed by atoms with Gasteiger partial charge in [-0.1, -0.05) is 30.3 Å². The summed E-state index contributed by atoms with van der Waals surface area (Å²) in [5.41, 5.74) is 4.16. The maximum Gasteiger partial charge on any atom is 0.252 e. The summed E-state index contributed by atoms with van der Waals surface area (Å²) in [6.45, 7) is 3.26. The quantitative estimate of drug-likeness (QED) is 0.329. The second-order valence-corrected chi connectivity index (χ2v) is 9.22. The molecule has 2 atom stereocenters. The number of nitrogens with one attached hydrogen (secondary N) is 2. The fourth-order valence-corrected chi connectivity index (χ4v) is 4.83. The van der Waals surface area contributed by atoms with Crippen LogP contribution in [-0.4, -0.2) is 29.6 Å². The first kappa shape index (κ1) is 23.9. The maximum absolute atomic E-state index is 13.4. The largest absolute Gasteiger partial charge is 0.494 e. The lowest BCUT2D eigenvalue weighted by Crippen LogP contribution is -2.35. The van der Waals surface area contributed by atoms with Crippen LogP contribution in [0.5, 0.6) is 5.75 Å². The molecule has 6 heteroatoms. The smallest absolute Gasteiger partial charge is 0.252 e. The summed E-state index contributed by atoms with van der Waals surface area (Å²) in [6, 6.07) is 24.4. The molecule has 0 spiro atoms. The number of fused-ring (bicyclic) bond motifs is 1. The van der Waals surface area contributed by atoms with E-state index in [9.17, 15) is 9.18 Å². The topological polar surface area (TPSA) is 63.2 Å². The molecule has 1 aliphatic rings. The first-order chi connectivity index (χ1) is 17.6. The highest BCUT2D eigenvalue weighted by atomic mass is 19.1. The Morgan fingerprint density at radius 1 is 1.00 bits per heavy atom. The number of pyridine rings is 1. The molecule has 5 rings (SSSR count). The van der Waals surface area contributed by atoms with Gasteiger partial charge in [-0.3, -0.25) is 4.79 Å². The van der Waals surface area contributed by atoms with Gasteiger partial charge in [-0.25, -0.2) is 9.37 Å². The van der Waals surface area contributed by atoms with E-state index in [1.165, 1.54) is 12.1 Å². The van der Waals surface area contributed by atoms with Crippen molar-refractivity contribution < 1.29 is 13.9 Å². The molecule has 0 bridgehead atoms. The van der Waals surface area contributed by atoms with Gasteiger partial charge in [0.25, 0.3) is 5.91 Å². The number of ether oxygens (including phenoxy) is 1. The number of amides is 1. The molecular formula is C30H30FN3O2. The van der Waals surface area contributed by atoms with Crippen molar-refractivity contribution in [2.45, 2.75) is 44.8 Å². The molecule has 1 aromatic heterocycles. The third kappa shape index (κ3) is 5.55. The van der Waals surface area contributed by atoms with Gasteiger partial charge in [0, 0.05) is 29.6 Å². The molecule has 3 aromatic carbocycles. The van der Waals surface area contributed by atoms with Crippen molar-refractivity contribution in [3.8, 4) is 17.0 Å². The number of carbonyl (C=O) groups is 1. The van der Waals surface area contributed by atoms with Gasteiger partial charge >= 0.3 is 0 Å². The lowest BCUT2D eigenvalue weighted by Gasteiger charge is -2.16. The molecule has 0 aliphatic heterocycles. The molecule has 2 N–H and O–H groups in total. The fourth-order valence-electron chi connectivity index (χ4n) is 4.83. The third-order valence-corrected chi connectivity index (χ3v) is 6.70. The van der Waals surface area contributed by atoms with E-state index in [-0.39, 0.29) is 17.8 Å². The average Bonchev–Trinajstić information content (AvgIpc) is 3.35. The van der Waals surface area contributed by atoms with E-state index in [0.29, 0.717) is 24.8 Å². The first-order valence-electron chi connectivity index (χ1n) is 12.5. The van der Waals surface area contributed by atoms with Gasteiger partial charge in [-0.15, -0.1) is 0 Å². The van der Waals surface area contributed by atoms with Crippen molar-refractivity contribution in [3.63, 3.8) is 0 Å². The highest BCUT2D eigenvalue weighted by molar-refractivity contribution is 6.07. The van der Waals surface area contributed by atoms with E-state index in [4.69, 9.17) is 9.72 Å². The second kappa shape index (κ2) is 10.9. The zero-order valence-electron chi connectivity index (χ0n) is 20.3. The summed E-state index contributed by atoms with van der Waals surface area (Å²) in [5.74, 6) is 0.505. The molecule has 0 saturated heterocycles. The standard InChI is InChI=1S/C30H30FN3O2/c1-2-36-25-15-9-21(10-16-25)29-18-27(26-5-3-4-6-28(26)34-29)30(35)33-24-14-13-23(17-24)32-19-20-7-11-22(31)12-8-20/h3-12,15-16,18,23-24,32H,2,13-14,17,19H2,1H3,(H,33,35)/t23-,24+/m0/s1. The van der Waals surface area contributed by atoms with Crippen LogP contribution in [0.25, 0.3) is 22.2 Å². The van der Waals surface area contributed by atoms with Crippen molar-refractivity contribution in [1.29, 1.82) is 0 Å². The molecule has 1 amide bonds. The number of para-hydroxylation sites is 1. The number of carbonyl (C=O) groups excluding carboxylic acids is 1. The predicted octanol–water partition coefficient (Wildman–Crippen LogP) is 5.88. The molecule has 36 heavy (non-hydrogen) atoms. The van der Waals surface area contributed by atoms with Gasteiger partial charge in [0.05, 0.1) is 23.4 Å². The van der Waals surface area contributed by atoms with Crippen molar-refractivity contribution >= 4 is 16.8 Å². The molecule has 4 aromatic rings. The van der Waals surface area contributed by atoms with Crippen LogP contribution in [0, 0.1) is 5.82 Å². The van der Waals surface area contributed by atoms with Crippen LogP contribution in [0.4, 0.5) is 4.39 Å². The van der Waals surface area contributed by atoms with Gasteiger partial charge in [-0.05, 0) is 80.3 Å². The Hall–Kier alpha value is -3.77. The fraction of sp³-hybridized carbons (Fsp3) is 0.267. The molecule has 5 nitrogen and oxygen atoms in total. The van der Waals surface area contributed by atoms with Gasteiger partial charge in [-0.2, -0.15) is 0 Å². The van der Waals surface area contributed by atoms with Crippen LogP contribution < -0.4 is 15.4 Å². The minimum atomic E-state index is -0.225. The minimum Gasteiger partial charge on any atom is -0.494 e. The van der Waals surface area contributed by atoms with Crippen molar-refractivity contribution in [2.75, 3.05) is 6.61 Å². The zero-order chi connectivity index (χ0) is 24.9. The van der Waals surface area contributed by atoms with E-state index >= 15 is 0 Å². The summed E-state index contributed by atoms with van der Waals surface area (Å²) in [5, 5.41) is 7.63. The molecule has 1 aliphatic carbocycles. The van der Waals surface area contributed by atoms with Crippen molar-refractivity contribution in [1.82, 2.24) is 15.6 Å². The summed E-state index contributed by atoms with van der Waals surface area (Å²) in [7, 11) is 0. The zero-order valence-corrected chi connectivity index (χ0v) is 20.3. The maximum atomic E-state index is 13.4. The Balaban J connectivity index is 1.29. The Kier molecular flexibility index (Phi) is 7.23. The molecule has 1 fully saturated rings. The Morgan fingerprint density at radius 3 is 2.53 bits per heavy atom. The SMILES string of the molecule is CCOc1ccc(-c2cc(C(=O)N[C@@H]3CC[C@H](NCc4ccc(F)cc4)C3)c3ccccc3n2)cc1. The molecule has 184 valence electrons. The van der Waals surface area contributed by atoms with Crippen molar-refractivity contribution in [3.05, 3.63) is 95.8 Å². The predicted molar refractivity (Wildman–Crippen MR) is 140 cm³/mol. The lowest BCUT2D eigenvalue weighted by molar-refractivity contribution is 0.0939. The number of benzene rings is 3. The minimum absolute atomic E-state index is 0.0787. The van der Waals surface area contributed by atoms with Crippen LogP contribution in [0.1, 0.15) is 42.1 Å². The van der Waals surface area contributed by atoms with E-state index in [0.717, 1.165) is 52.7 Å². The molecule has 1 heterocycles. The van der Waals surface area contributed by atoms with E-state index in [1.54, 1.807) is 12.1 Å². The number of halogens is 1. The molecule has 0 radical (unpaired) electrons. The summed E-state index contributed by atoms with van der Waals surface area (Å²) in [6.07, 6.45) is 2.77. The average molecular weight is 484 g/mol. The summed E-state index contributed by atoms with van der Waals surface area (Å²) < 4.78 is 18.7. The third-order valence-electron chi connectivity index (χ3n) is 6.70. The number of hydrogen-bond donors (Lipinski definition) is 2. The van der Waals surface area contributed by atoms with Crippen molar-refractivity contribution in [2.24, 2.45) is 0 Å². The number of aromatic nitrogens is 1. The van der Waals surface area contributed by atoms with Crippen LogP contribution >= 0.6 is 0 Å². The highest BCUT2D eigenvalue weighted by Gasteiger charge is 2.26. The normalized spacial score (nSPS) is 17.3. The molecular weight excluding hydrogens is 453 g/mol. The first-order valence-corrected chi connectivity index (χ1v) is 12.5. The summed E-state index contributed by atoms with van der Waals surface area (Å²) >= 11 is 0. The van der Waals surface area contributed by atoms with Gasteiger partial charge < -0.3 is 15.4 Å². The molecule has 0 unspecified atom stereocenters. The van der Waals surface area contributed by atoms with E-state index < -0.39 is 0 Å². The van der Waals surface area contributed by atoms with E-state index in [1.807, 2.05) is 61.5 Å². The highest BCUT2D eigenvalue weighted by Crippen LogP contribution is 2.27. The van der Waals surface area contributed by atoms with Gasteiger partial charge in [0.2, 0.25) is 0 Å². The number of nitrogens with zero attached hydrogens (tertiary/aromatic N) is 1. The van der Waals surface area contributed by atoms with Gasteiger partial charge in [0.15, 0.2) is 0 Å². The van der Waals surface area contributed by atoms with Crippen LogP contribution in [0.15, 0.2) is 78.9 Å². The number of rotatable bonds is 8. The Bertz CT molecular complexity index is 1340. The van der Waals surface area contributed by atoms with Gasteiger partial charge in [0.1, 0.15) is 11.6 Å². The molecule has 1 saturated carbocycles. The lowest BCUT2D eigenvalue weighted by atomic mass is 10.0. The second-order valence-electron chi connectivity index (χ2n) is 9.22. The van der Waals surface area contributed by atoms with Crippen LogP contribution in [0.2, 0.25) is 0 Å². The monoisotopic (exact) mass is 483 g/mol.